The van der Waals surface area contributed by atoms with Crippen LogP contribution in [0.4, 0.5) is 4.79 Å². The molecular weight excluding hydrogens is 394 g/mol. The normalized spacial score (nSPS) is 13.1. The predicted molar refractivity (Wildman–Crippen MR) is 123 cm³/mol. The summed E-state index contributed by atoms with van der Waals surface area (Å²) in [6, 6.07) is 6.85. The van der Waals surface area contributed by atoms with Gasteiger partial charge in [0.25, 0.3) is 0 Å². The molecule has 2 N–H and O–H groups in total. The molecule has 0 aliphatic carbocycles. The molecule has 0 saturated carbocycles. The Bertz CT molecular complexity index is 743. The number of aryl methyl sites for hydroxylation is 1. The highest BCUT2D eigenvalue weighted by atomic mass is 16.6. The summed E-state index contributed by atoms with van der Waals surface area (Å²) in [6.07, 6.45) is 1.82. The number of carbonyl (C=O) groups excluding carboxylic acids is 3. The van der Waals surface area contributed by atoms with E-state index >= 15 is 0 Å². The molecule has 7 heteroatoms. The molecule has 0 bridgehead atoms. The molecule has 2 unspecified atom stereocenters. The third-order valence-electron chi connectivity index (χ3n) is 4.60. The van der Waals surface area contributed by atoms with Crippen molar-refractivity contribution in [2.75, 3.05) is 13.1 Å². The van der Waals surface area contributed by atoms with E-state index in [4.69, 9.17) is 4.74 Å². The van der Waals surface area contributed by atoms with Crippen LogP contribution in [0.3, 0.4) is 0 Å². The van der Waals surface area contributed by atoms with Gasteiger partial charge in [0.05, 0.1) is 0 Å². The van der Waals surface area contributed by atoms with Crippen LogP contribution in [0, 0.1) is 6.92 Å². The number of carbonyl (C=O) groups is 3. The van der Waals surface area contributed by atoms with Crippen molar-refractivity contribution in [3.63, 3.8) is 0 Å². The lowest BCUT2D eigenvalue weighted by Crippen LogP contribution is -2.49. The molecule has 0 spiro atoms. The maximum Gasteiger partial charge on any atom is 0.408 e. The van der Waals surface area contributed by atoms with E-state index in [1.807, 2.05) is 45.0 Å². The number of hydrogen-bond donors (Lipinski definition) is 2. The summed E-state index contributed by atoms with van der Waals surface area (Å²) in [4.78, 5) is 39.9. The van der Waals surface area contributed by atoms with E-state index in [1.54, 1.807) is 25.7 Å². The molecule has 0 radical (unpaired) electrons. The zero-order chi connectivity index (χ0) is 23.6. The molecule has 1 aromatic carbocycles. The van der Waals surface area contributed by atoms with E-state index in [2.05, 4.69) is 17.6 Å². The van der Waals surface area contributed by atoms with E-state index in [9.17, 15) is 14.4 Å². The van der Waals surface area contributed by atoms with Crippen LogP contribution in [0.15, 0.2) is 24.3 Å². The summed E-state index contributed by atoms with van der Waals surface area (Å²) in [5.74, 6) is -0.553. The molecule has 0 heterocycles. The molecule has 3 amide bonds. The van der Waals surface area contributed by atoms with Crippen molar-refractivity contribution in [2.45, 2.75) is 85.4 Å². The summed E-state index contributed by atoms with van der Waals surface area (Å²) in [6.45, 7) is 13.4. The van der Waals surface area contributed by atoms with Crippen molar-refractivity contribution < 1.29 is 19.1 Å². The number of rotatable bonds is 10. The minimum atomic E-state index is -0.771. The maximum atomic E-state index is 13.3. The van der Waals surface area contributed by atoms with Gasteiger partial charge in [-0.25, -0.2) is 4.79 Å². The quantitative estimate of drug-likeness (QED) is 0.581. The van der Waals surface area contributed by atoms with Crippen LogP contribution >= 0.6 is 0 Å². The first kappa shape index (κ1) is 26.5. The molecule has 0 aliphatic heterocycles. The van der Waals surface area contributed by atoms with Gasteiger partial charge in [0.2, 0.25) is 11.8 Å². The van der Waals surface area contributed by atoms with E-state index in [-0.39, 0.29) is 24.4 Å². The average Bonchev–Trinajstić information content (AvgIpc) is 2.64. The SMILES string of the molecule is CCCC(C)NC(=O)C(c1cccc(C)c1)N(CCC)C(=O)CNC(=O)OC(C)(C)C. The van der Waals surface area contributed by atoms with Crippen LogP contribution in [0.2, 0.25) is 0 Å². The zero-order valence-corrected chi connectivity index (χ0v) is 20.1. The summed E-state index contributed by atoms with van der Waals surface area (Å²) >= 11 is 0. The summed E-state index contributed by atoms with van der Waals surface area (Å²) in [7, 11) is 0. The van der Waals surface area contributed by atoms with Crippen molar-refractivity contribution >= 4 is 17.9 Å². The third kappa shape index (κ3) is 9.40. The van der Waals surface area contributed by atoms with Gasteiger partial charge in [0.1, 0.15) is 18.2 Å². The average molecular weight is 434 g/mol. The predicted octanol–water partition coefficient (Wildman–Crippen LogP) is 4.10. The van der Waals surface area contributed by atoms with Gasteiger partial charge in [0, 0.05) is 12.6 Å². The van der Waals surface area contributed by atoms with Crippen molar-refractivity contribution in [3.05, 3.63) is 35.4 Å². The van der Waals surface area contributed by atoms with Gasteiger partial charge in [-0.15, -0.1) is 0 Å². The van der Waals surface area contributed by atoms with E-state index < -0.39 is 17.7 Å². The minimum absolute atomic E-state index is 0.00303. The number of nitrogens with zero attached hydrogens (tertiary/aromatic N) is 1. The van der Waals surface area contributed by atoms with Crippen molar-refractivity contribution in [2.24, 2.45) is 0 Å². The smallest absolute Gasteiger partial charge is 0.408 e. The van der Waals surface area contributed by atoms with Gasteiger partial charge in [-0.05, 0) is 53.0 Å². The summed E-state index contributed by atoms with van der Waals surface area (Å²) in [5.41, 5.74) is 1.10. The first-order valence-electron chi connectivity index (χ1n) is 11.1. The summed E-state index contributed by atoms with van der Waals surface area (Å²) in [5, 5.41) is 5.56. The standard InChI is InChI=1S/C24H39N3O4/c1-8-11-18(4)26-22(29)21(19-13-10-12-17(3)15-19)27(14-9-2)20(28)16-25-23(30)31-24(5,6)7/h10,12-13,15,18,21H,8-9,11,14,16H2,1-7H3,(H,25,30)(H,26,29). The van der Waals surface area contributed by atoms with Crippen molar-refractivity contribution in [3.8, 4) is 0 Å². The number of alkyl carbamates (subject to hydrolysis) is 1. The summed E-state index contributed by atoms with van der Waals surface area (Å²) < 4.78 is 5.22. The lowest BCUT2D eigenvalue weighted by Gasteiger charge is -2.32. The Balaban J connectivity index is 3.12. The first-order chi connectivity index (χ1) is 14.5. The lowest BCUT2D eigenvalue weighted by atomic mass is 10.0. The molecule has 31 heavy (non-hydrogen) atoms. The van der Waals surface area contributed by atoms with Gasteiger partial charge in [0.15, 0.2) is 0 Å². The molecule has 2 atom stereocenters. The fourth-order valence-electron chi connectivity index (χ4n) is 3.34. The number of nitrogens with one attached hydrogen (secondary N) is 2. The number of amides is 3. The number of benzene rings is 1. The van der Waals surface area contributed by atoms with E-state index in [1.165, 1.54) is 0 Å². The fourth-order valence-corrected chi connectivity index (χ4v) is 3.34. The van der Waals surface area contributed by atoms with Gasteiger partial charge in [-0.1, -0.05) is 50.1 Å². The number of ether oxygens (including phenoxy) is 1. The van der Waals surface area contributed by atoms with Crippen LogP contribution in [-0.2, 0) is 14.3 Å². The topological polar surface area (TPSA) is 87.7 Å². The van der Waals surface area contributed by atoms with Crippen LogP contribution in [0.25, 0.3) is 0 Å². The maximum absolute atomic E-state index is 13.3. The highest BCUT2D eigenvalue weighted by Gasteiger charge is 2.32. The van der Waals surface area contributed by atoms with Crippen LogP contribution in [0.5, 0.6) is 0 Å². The van der Waals surface area contributed by atoms with Gasteiger partial charge in [-0.3, -0.25) is 9.59 Å². The molecule has 0 aromatic heterocycles. The van der Waals surface area contributed by atoms with Gasteiger partial charge < -0.3 is 20.3 Å². The lowest BCUT2D eigenvalue weighted by molar-refractivity contribution is -0.140. The second kappa shape index (κ2) is 12.3. The molecule has 0 aliphatic rings. The third-order valence-corrected chi connectivity index (χ3v) is 4.60. The highest BCUT2D eigenvalue weighted by molar-refractivity contribution is 5.90. The molecule has 0 fully saturated rings. The molecule has 0 saturated heterocycles. The minimum Gasteiger partial charge on any atom is -0.444 e. The molecule has 1 rings (SSSR count). The Hall–Kier alpha value is -2.57. The number of hydrogen-bond acceptors (Lipinski definition) is 4. The van der Waals surface area contributed by atoms with Crippen LogP contribution < -0.4 is 10.6 Å². The first-order valence-corrected chi connectivity index (χ1v) is 11.1. The molecule has 1 aromatic rings. The van der Waals surface area contributed by atoms with Crippen LogP contribution in [0.1, 0.15) is 78.0 Å². The van der Waals surface area contributed by atoms with E-state index in [0.717, 1.165) is 24.0 Å². The second-order valence-corrected chi connectivity index (χ2v) is 8.96. The van der Waals surface area contributed by atoms with Gasteiger partial charge >= 0.3 is 6.09 Å². The molecule has 7 nitrogen and oxygen atoms in total. The Morgan fingerprint density at radius 2 is 1.81 bits per heavy atom. The molecular formula is C24H39N3O4. The Morgan fingerprint density at radius 1 is 1.13 bits per heavy atom. The van der Waals surface area contributed by atoms with Crippen molar-refractivity contribution in [1.29, 1.82) is 0 Å². The van der Waals surface area contributed by atoms with Gasteiger partial charge in [-0.2, -0.15) is 0 Å². The monoisotopic (exact) mass is 433 g/mol. The van der Waals surface area contributed by atoms with Crippen molar-refractivity contribution in [1.82, 2.24) is 15.5 Å². The fraction of sp³-hybridized carbons (Fsp3) is 0.625. The Morgan fingerprint density at radius 3 is 2.35 bits per heavy atom. The Kier molecular flexibility index (Phi) is 10.5. The zero-order valence-electron chi connectivity index (χ0n) is 20.1. The second-order valence-electron chi connectivity index (χ2n) is 8.96. The van der Waals surface area contributed by atoms with Crippen LogP contribution in [-0.4, -0.2) is 47.5 Å². The van der Waals surface area contributed by atoms with E-state index in [0.29, 0.717) is 13.0 Å². The largest absolute Gasteiger partial charge is 0.444 e. The Labute approximate surface area is 186 Å². The molecule has 174 valence electrons. The highest BCUT2D eigenvalue weighted by Crippen LogP contribution is 2.23.